The zero-order valence-corrected chi connectivity index (χ0v) is 11.5. The van der Waals surface area contributed by atoms with Crippen LogP contribution in [0.2, 0.25) is 0 Å². The lowest BCUT2D eigenvalue weighted by Crippen LogP contribution is -2.15. The first-order valence-electron chi connectivity index (χ1n) is 6.55. The van der Waals surface area contributed by atoms with E-state index >= 15 is 0 Å². The summed E-state index contributed by atoms with van der Waals surface area (Å²) in [7, 11) is 1.74. The van der Waals surface area contributed by atoms with Crippen molar-refractivity contribution in [2.45, 2.75) is 26.3 Å². The first kappa shape index (κ1) is 12.2. The number of nitrogens with one attached hydrogen (secondary N) is 1. The molecule has 0 aliphatic rings. The minimum absolute atomic E-state index is 0.301. The Bertz CT molecular complexity index is 713. The topological polar surface area (TPSA) is 55.7 Å². The largest absolute Gasteiger partial charge is 0.383 e. The predicted octanol–water partition coefficient (Wildman–Crippen LogP) is 2.82. The van der Waals surface area contributed by atoms with Crippen LogP contribution in [-0.4, -0.2) is 33.2 Å². The highest BCUT2D eigenvalue weighted by molar-refractivity contribution is 6.01. The van der Waals surface area contributed by atoms with Crippen molar-refractivity contribution < 1.29 is 4.74 Å². The first-order chi connectivity index (χ1) is 9.26. The van der Waals surface area contributed by atoms with Gasteiger partial charge in [-0.2, -0.15) is 0 Å². The average Bonchev–Trinajstić information content (AvgIpc) is 2.99. The molecule has 3 aromatic heterocycles. The van der Waals surface area contributed by atoms with Gasteiger partial charge in [0.15, 0.2) is 0 Å². The summed E-state index contributed by atoms with van der Waals surface area (Å²) < 4.78 is 7.62. The maximum absolute atomic E-state index is 5.34. The number of pyridine rings is 1. The fourth-order valence-electron chi connectivity index (χ4n) is 2.72. The van der Waals surface area contributed by atoms with Crippen molar-refractivity contribution in [2.24, 2.45) is 0 Å². The molecule has 0 saturated carbocycles. The van der Waals surface area contributed by atoms with Crippen LogP contribution < -0.4 is 0 Å². The lowest BCUT2D eigenvalue weighted by Gasteiger charge is -2.18. The minimum atomic E-state index is 0.301. The molecule has 0 spiro atoms. The molecule has 19 heavy (non-hydrogen) atoms. The van der Waals surface area contributed by atoms with Gasteiger partial charge in [-0.3, -0.25) is 0 Å². The summed E-state index contributed by atoms with van der Waals surface area (Å²) in [6.07, 6.45) is 4.76. The van der Waals surface area contributed by atoms with Gasteiger partial charge < -0.3 is 14.3 Å². The molecule has 0 bridgehead atoms. The maximum Gasteiger partial charge on any atom is 0.139 e. The van der Waals surface area contributed by atoms with Crippen LogP contribution in [0.5, 0.6) is 0 Å². The molecule has 3 aromatic rings. The number of imidazole rings is 1. The number of ether oxygens (including phenoxy) is 1. The molecule has 100 valence electrons. The first-order valence-corrected chi connectivity index (χ1v) is 6.55. The van der Waals surface area contributed by atoms with Crippen LogP contribution in [0, 0.1) is 6.92 Å². The third-order valence-electron chi connectivity index (χ3n) is 3.61. The van der Waals surface area contributed by atoms with Crippen LogP contribution >= 0.6 is 0 Å². The fourth-order valence-corrected chi connectivity index (χ4v) is 2.72. The number of methoxy groups -OCH3 is 1. The second-order valence-electron chi connectivity index (χ2n) is 4.78. The van der Waals surface area contributed by atoms with Crippen molar-refractivity contribution in [3.8, 4) is 0 Å². The molecule has 0 radical (unpaired) electrons. The molecule has 0 aliphatic heterocycles. The Morgan fingerprint density at radius 2 is 2.32 bits per heavy atom. The number of rotatable bonds is 4. The number of aromatic amines is 1. The highest BCUT2D eigenvalue weighted by Gasteiger charge is 2.18. The molecule has 0 saturated heterocycles. The summed E-state index contributed by atoms with van der Waals surface area (Å²) in [5, 5.41) is 1.12. The Morgan fingerprint density at radius 1 is 1.47 bits per heavy atom. The van der Waals surface area contributed by atoms with E-state index in [4.69, 9.17) is 4.74 Å². The maximum atomic E-state index is 5.34. The summed E-state index contributed by atoms with van der Waals surface area (Å²) in [6, 6.07) is 2.36. The Labute approximate surface area is 111 Å². The minimum Gasteiger partial charge on any atom is -0.383 e. The second-order valence-corrected chi connectivity index (χ2v) is 4.78. The molecule has 0 aromatic carbocycles. The van der Waals surface area contributed by atoms with Crippen LogP contribution in [0.4, 0.5) is 0 Å². The summed E-state index contributed by atoms with van der Waals surface area (Å²) in [5.74, 6) is 1.01. The van der Waals surface area contributed by atoms with Gasteiger partial charge in [-0.05, 0) is 19.4 Å². The Hall–Kier alpha value is -1.88. The van der Waals surface area contributed by atoms with Gasteiger partial charge in [0.25, 0.3) is 0 Å². The highest BCUT2D eigenvalue weighted by atomic mass is 16.5. The molecular weight excluding hydrogens is 240 g/mol. The number of nitrogens with zero attached hydrogens (tertiary/aromatic N) is 3. The van der Waals surface area contributed by atoms with Crippen molar-refractivity contribution in [2.75, 3.05) is 13.7 Å². The number of hydrogen-bond acceptors (Lipinski definition) is 3. The van der Waals surface area contributed by atoms with Gasteiger partial charge in [0.1, 0.15) is 17.0 Å². The molecule has 1 unspecified atom stereocenters. The zero-order chi connectivity index (χ0) is 13.4. The Morgan fingerprint density at radius 3 is 3.05 bits per heavy atom. The molecule has 1 atom stereocenters. The lowest BCUT2D eigenvalue weighted by atomic mass is 10.2. The van der Waals surface area contributed by atoms with E-state index in [1.165, 1.54) is 0 Å². The standard InChI is InChI=1S/C14H18N4O/c1-4-10(8-19-3)18-9(2)17-12-7-16-14-11(13(12)18)5-6-15-14/h5-7,10H,4,8H2,1-3H3,(H,15,16). The van der Waals surface area contributed by atoms with Crippen molar-refractivity contribution in [1.29, 1.82) is 0 Å². The highest BCUT2D eigenvalue weighted by Crippen LogP contribution is 2.28. The van der Waals surface area contributed by atoms with Gasteiger partial charge in [-0.1, -0.05) is 6.92 Å². The number of fused-ring (bicyclic) bond motifs is 3. The molecule has 3 heterocycles. The molecule has 3 rings (SSSR count). The van der Waals surface area contributed by atoms with E-state index in [0.717, 1.165) is 34.3 Å². The quantitative estimate of drug-likeness (QED) is 0.783. The Kier molecular flexibility index (Phi) is 2.98. The average molecular weight is 258 g/mol. The van der Waals surface area contributed by atoms with Crippen molar-refractivity contribution in [3.05, 3.63) is 24.3 Å². The lowest BCUT2D eigenvalue weighted by molar-refractivity contribution is 0.154. The Balaban J connectivity index is 2.32. The number of H-pyrrole nitrogens is 1. The van der Waals surface area contributed by atoms with Crippen molar-refractivity contribution in [1.82, 2.24) is 19.5 Å². The van der Waals surface area contributed by atoms with E-state index in [-0.39, 0.29) is 0 Å². The van der Waals surface area contributed by atoms with Crippen molar-refractivity contribution in [3.63, 3.8) is 0 Å². The molecular formula is C14H18N4O. The number of aryl methyl sites for hydroxylation is 1. The number of hydrogen-bond donors (Lipinski definition) is 1. The second kappa shape index (κ2) is 4.66. The summed E-state index contributed by atoms with van der Waals surface area (Å²) >= 11 is 0. The van der Waals surface area contributed by atoms with Gasteiger partial charge >= 0.3 is 0 Å². The van der Waals surface area contributed by atoms with E-state index in [9.17, 15) is 0 Å². The van der Waals surface area contributed by atoms with E-state index < -0.39 is 0 Å². The summed E-state index contributed by atoms with van der Waals surface area (Å²) in [6.45, 7) is 4.90. The van der Waals surface area contributed by atoms with Crippen LogP contribution in [0.1, 0.15) is 25.2 Å². The van der Waals surface area contributed by atoms with Gasteiger partial charge in [-0.25, -0.2) is 9.97 Å². The van der Waals surface area contributed by atoms with Crippen LogP contribution in [0.15, 0.2) is 18.5 Å². The zero-order valence-electron chi connectivity index (χ0n) is 11.5. The molecule has 5 heteroatoms. The molecule has 0 fully saturated rings. The van der Waals surface area contributed by atoms with Crippen LogP contribution in [0.25, 0.3) is 22.1 Å². The van der Waals surface area contributed by atoms with E-state index in [1.54, 1.807) is 7.11 Å². The third kappa shape index (κ3) is 1.81. The molecule has 0 amide bonds. The molecule has 1 N–H and O–H groups in total. The molecule has 5 nitrogen and oxygen atoms in total. The fraction of sp³-hybridized carbons (Fsp3) is 0.429. The number of aromatic nitrogens is 4. The SMILES string of the molecule is CCC(COC)n1c(C)nc2cnc3[nH]ccc3c21. The monoisotopic (exact) mass is 258 g/mol. The summed E-state index contributed by atoms with van der Waals surface area (Å²) in [4.78, 5) is 12.2. The normalized spacial score (nSPS) is 13.4. The smallest absolute Gasteiger partial charge is 0.139 e. The van der Waals surface area contributed by atoms with Crippen LogP contribution in [0.3, 0.4) is 0 Å². The summed E-state index contributed by atoms with van der Waals surface area (Å²) in [5.41, 5.74) is 2.99. The van der Waals surface area contributed by atoms with E-state index in [0.29, 0.717) is 12.6 Å². The van der Waals surface area contributed by atoms with E-state index in [2.05, 4.69) is 32.5 Å². The van der Waals surface area contributed by atoms with Gasteiger partial charge in [0, 0.05) is 18.7 Å². The van der Waals surface area contributed by atoms with Gasteiger partial charge in [0.2, 0.25) is 0 Å². The predicted molar refractivity (Wildman–Crippen MR) is 75.3 cm³/mol. The molecule has 0 aliphatic carbocycles. The third-order valence-corrected chi connectivity index (χ3v) is 3.61. The van der Waals surface area contributed by atoms with E-state index in [1.807, 2.05) is 19.3 Å². The van der Waals surface area contributed by atoms with Crippen molar-refractivity contribution >= 4 is 22.1 Å². The van der Waals surface area contributed by atoms with Gasteiger partial charge in [-0.15, -0.1) is 0 Å². The van der Waals surface area contributed by atoms with Gasteiger partial charge in [0.05, 0.1) is 24.4 Å². The van der Waals surface area contributed by atoms with Crippen LogP contribution in [-0.2, 0) is 4.74 Å².